The summed E-state index contributed by atoms with van der Waals surface area (Å²) in [4.78, 5) is 28.7. The topological polar surface area (TPSA) is 75.6 Å². The van der Waals surface area contributed by atoms with Gasteiger partial charge < -0.3 is 24.8 Å². The zero-order valence-electron chi connectivity index (χ0n) is 23.9. The molecule has 7 nitrogen and oxygen atoms in total. The van der Waals surface area contributed by atoms with Crippen molar-refractivity contribution in [2.75, 3.05) is 28.7 Å². The summed E-state index contributed by atoms with van der Waals surface area (Å²) in [5, 5.41) is 7.50. The summed E-state index contributed by atoms with van der Waals surface area (Å²) in [7, 11) is 0. The minimum atomic E-state index is -0.423. The van der Waals surface area contributed by atoms with Crippen LogP contribution in [0.1, 0.15) is 62.0 Å². The van der Waals surface area contributed by atoms with Crippen LogP contribution in [-0.4, -0.2) is 35.8 Å². The Kier molecular flexibility index (Phi) is 8.84. The number of anilines is 3. The number of rotatable bonds is 8. The van der Waals surface area contributed by atoms with Crippen LogP contribution in [-0.2, 0) is 4.74 Å². The largest absolute Gasteiger partial charge is 0.461 e. The number of aromatic nitrogens is 1. The fraction of sp³-hybridized carbons (Fsp3) is 0.333. The molecule has 0 bridgehead atoms. The third-order valence-corrected chi connectivity index (χ3v) is 7.95. The van der Waals surface area contributed by atoms with E-state index in [1.165, 1.54) is 19.3 Å². The lowest BCUT2D eigenvalue weighted by molar-refractivity contribution is 0.0517. The number of carbonyl (C=O) groups excluding carboxylic acids is 2. The van der Waals surface area contributed by atoms with Crippen molar-refractivity contribution in [2.24, 2.45) is 0 Å². The van der Waals surface area contributed by atoms with Gasteiger partial charge in [-0.1, -0.05) is 54.6 Å². The smallest absolute Gasteiger partial charge is 0.355 e. The fourth-order valence-corrected chi connectivity index (χ4v) is 5.93. The maximum absolute atomic E-state index is 13.3. The molecule has 1 saturated carbocycles. The van der Waals surface area contributed by atoms with Gasteiger partial charge >= 0.3 is 12.0 Å². The minimum absolute atomic E-state index is 0.263. The van der Waals surface area contributed by atoms with Crippen molar-refractivity contribution < 1.29 is 14.3 Å². The van der Waals surface area contributed by atoms with Gasteiger partial charge in [-0.2, -0.15) is 0 Å². The standard InChI is InChI=1S/C33H37ClN4O3/c1-4-37(26-9-7-6-8-10-26)29-18-17-27(21-28(29)36-33(40)35-25-15-11-22(3)12-16-25)38-30-20-24(34)14-13-23(30)19-31(38)32(39)41-5-2/h11-21,26H,4-10H2,1-3H3,(H2,35,36,40). The number of aryl methyl sites for hydroxylation is 1. The maximum Gasteiger partial charge on any atom is 0.355 e. The molecule has 41 heavy (non-hydrogen) atoms. The normalized spacial score (nSPS) is 13.7. The molecule has 1 aliphatic carbocycles. The minimum Gasteiger partial charge on any atom is -0.461 e. The SMILES string of the molecule is CCOC(=O)c1cc2ccc(Cl)cc2n1-c1ccc(N(CC)C2CCCCC2)c(NC(=O)Nc2ccc(C)cc2)c1. The second-order valence-electron chi connectivity index (χ2n) is 10.5. The highest BCUT2D eigenvalue weighted by atomic mass is 35.5. The molecule has 2 N–H and O–H groups in total. The highest BCUT2D eigenvalue weighted by Gasteiger charge is 2.25. The van der Waals surface area contributed by atoms with Crippen molar-refractivity contribution in [3.05, 3.63) is 83.0 Å². The number of carbonyl (C=O) groups is 2. The van der Waals surface area contributed by atoms with Crippen LogP contribution in [0.25, 0.3) is 16.6 Å². The van der Waals surface area contributed by atoms with Crippen LogP contribution in [0.2, 0.25) is 5.02 Å². The quantitative estimate of drug-likeness (QED) is 0.207. The van der Waals surface area contributed by atoms with E-state index < -0.39 is 5.97 Å². The molecule has 5 rings (SSSR count). The van der Waals surface area contributed by atoms with Crippen molar-refractivity contribution in [3.8, 4) is 5.69 Å². The highest BCUT2D eigenvalue weighted by Crippen LogP contribution is 2.36. The average Bonchev–Trinajstić information content (AvgIpc) is 3.35. The summed E-state index contributed by atoms with van der Waals surface area (Å²) in [6, 6.07) is 21.1. The molecule has 0 radical (unpaired) electrons. The summed E-state index contributed by atoms with van der Waals surface area (Å²) >= 11 is 6.39. The second-order valence-corrected chi connectivity index (χ2v) is 10.9. The molecule has 0 unspecified atom stereocenters. The molecule has 0 spiro atoms. The summed E-state index contributed by atoms with van der Waals surface area (Å²) < 4.78 is 7.25. The molecule has 4 aromatic rings. The third kappa shape index (κ3) is 6.35. The lowest BCUT2D eigenvalue weighted by Gasteiger charge is -2.36. The van der Waals surface area contributed by atoms with Crippen molar-refractivity contribution in [1.82, 2.24) is 4.57 Å². The molecule has 0 saturated heterocycles. The van der Waals surface area contributed by atoms with Crippen LogP contribution < -0.4 is 15.5 Å². The number of esters is 1. The lowest BCUT2D eigenvalue weighted by atomic mass is 9.93. The Balaban J connectivity index is 1.60. The van der Waals surface area contributed by atoms with Gasteiger partial charge in [0.25, 0.3) is 0 Å². The van der Waals surface area contributed by atoms with Gasteiger partial charge in [-0.25, -0.2) is 9.59 Å². The molecule has 0 atom stereocenters. The van der Waals surface area contributed by atoms with Crippen molar-refractivity contribution in [2.45, 2.75) is 58.9 Å². The van der Waals surface area contributed by atoms with E-state index in [1.54, 1.807) is 13.0 Å². The molecule has 214 valence electrons. The number of benzene rings is 3. The number of urea groups is 1. The number of fused-ring (bicyclic) bond motifs is 1. The maximum atomic E-state index is 13.3. The Morgan fingerprint density at radius 2 is 1.71 bits per heavy atom. The molecular formula is C33H37ClN4O3. The van der Waals surface area contributed by atoms with Gasteiger partial charge in [-0.05, 0) is 82.1 Å². The van der Waals surface area contributed by atoms with Crippen LogP contribution >= 0.6 is 11.6 Å². The predicted molar refractivity (Wildman–Crippen MR) is 168 cm³/mol. The Bertz CT molecular complexity index is 1540. The van der Waals surface area contributed by atoms with E-state index >= 15 is 0 Å². The third-order valence-electron chi connectivity index (χ3n) is 7.71. The van der Waals surface area contributed by atoms with Gasteiger partial charge in [0.05, 0.1) is 23.5 Å². The van der Waals surface area contributed by atoms with Gasteiger partial charge in [0.2, 0.25) is 0 Å². The first-order valence-corrected chi connectivity index (χ1v) is 14.8. The molecule has 1 heterocycles. The fourth-order valence-electron chi connectivity index (χ4n) is 5.76. The van der Waals surface area contributed by atoms with Gasteiger partial charge in [-0.3, -0.25) is 0 Å². The van der Waals surface area contributed by atoms with E-state index in [9.17, 15) is 9.59 Å². The van der Waals surface area contributed by atoms with E-state index in [4.69, 9.17) is 16.3 Å². The Morgan fingerprint density at radius 3 is 2.41 bits per heavy atom. The number of nitrogens with one attached hydrogen (secondary N) is 2. The van der Waals surface area contributed by atoms with Crippen molar-refractivity contribution in [3.63, 3.8) is 0 Å². The number of halogens is 1. The van der Waals surface area contributed by atoms with E-state index in [0.717, 1.165) is 47.2 Å². The van der Waals surface area contributed by atoms with Crippen LogP contribution in [0.15, 0.2) is 66.7 Å². The van der Waals surface area contributed by atoms with Crippen molar-refractivity contribution >= 4 is 51.6 Å². The zero-order chi connectivity index (χ0) is 28.9. The Labute approximate surface area is 246 Å². The Morgan fingerprint density at radius 1 is 0.951 bits per heavy atom. The molecule has 1 aliphatic rings. The second kappa shape index (κ2) is 12.7. The number of hydrogen-bond donors (Lipinski definition) is 2. The lowest BCUT2D eigenvalue weighted by Crippen LogP contribution is -2.37. The van der Waals surface area contributed by atoms with E-state index in [-0.39, 0.29) is 12.6 Å². The molecule has 0 aliphatic heterocycles. The van der Waals surface area contributed by atoms with Crippen LogP contribution in [0, 0.1) is 6.92 Å². The van der Waals surface area contributed by atoms with Crippen LogP contribution in [0.5, 0.6) is 0 Å². The number of ether oxygens (including phenoxy) is 1. The molecule has 3 aromatic carbocycles. The highest BCUT2D eigenvalue weighted by molar-refractivity contribution is 6.31. The zero-order valence-corrected chi connectivity index (χ0v) is 24.6. The van der Waals surface area contributed by atoms with Crippen LogP contribution in [0.3, 0.4) is 0 Å². The van der Waals surface area contributed by atoms with Crippen LogP contribution in [0.4, 0.5) is 21.9 Å². The Hall–Kier alpha value is -3.97. The van der Waals surface area contributed by atoms with Gasteiger partial charge in [-0.15, -0.1) is 0 Å². The van der Waals surface area contributed by atoms with Gasteiger partial charge in [0.1, 0.15) is 5.69 Å². The monoisotopic (exact) mass is 572 g/mol. The number of amides is 2. The molecule has 8 heteroatoms. The van der Waals surface area contributed by atoms with Crippen molar-refractivity contribution in [1.29, 1.82) is 0 Å². The van der Waals surface area contributed by atoms with E-state index in [2.05, 4.69) is 22.5 Å². The molecule has 2 amide bonds. The van der Waals surface area contributed by atoms with Gasteiger partial charge in [0, 0.05) is 34.4 Å². The van der Waals surface area contributed by atoms with E-state index in [1.807, 2.05) is 72.2 Å². The molecular weight excluding hydrogens is 536 g/mol. The predicted octanol–water partition coefficient (Wildman–Crippen LogP) is 8.57. The first-order chi connectivity index (χ1) is 19.9. The summed E-state index contributed by atoms with van der Waals surface area (Å²) in [5.74, 6) is -0.423. The number of hydrogen-bond acceptors (Lipinski definition) is 4. The average molecular weight is 573 g/mol. The molecule has 1 fully saturated rings. The summed E-state index contributed by atoms with van der Waals surface area (Å²) in [6.45, 7) is 7.02. The summed E-state index contributed by atoms with van der Waals surface area (Å²) in [5.41, 5.74) is 5.34. The molecule has 1 aromatic heterocycles. The van der Waals surface area contributed by atoms with Gasteiger partial charge in [0.15, 0.2) is 0 Å². The number of nitrogens with zero attached hydrogens (tertiary/aromatic N) is 2. The first kappa shape index (κ1) is 28.6. The van der Waals surface area contributed by atoms with E-state index in [0.29, 0.717) is 28.1 Å². The first-order valence-electron chi connectivity index (χ1n) is 14.4. The summed E-state index contributed by atoms with van der Waals surface area (Å²) in [6.07, 6.45) is 5.91.